The van der Waals surface area contributed by atoms with Crippen molar-refractivity contribution in [1.29, 1.82) is 0 Å². The lowest BCUT2D eigenvalue weighted by atomic mass is 9.97. The van der Waals surface area contributed by atoms with Crippen LogP contribution in [0.3, 0.4) is 0 Å². The van der Waals surface area contributed by atoms with Crippen molar-refractivity contribution in [3.05, 3.63) is 35.9 Å². The summed E-state index contributed by atoms with van der Waals surface area (Å²) in [7, 11) is 2.01. The Kier molecular flexibility index (Phi) is 6.37. The van der Waals surface area contributed by atoms with Crippen LogP contribution in [0.4, 0.5) is 10.1 Å². The third-order valence-electron chi connectivity index (χ3n) is 7.11. The molecule has 1 unspecified atom stereocenters. The van der Waals surface area contributed by atoms with Crippen molar-refractivity contribution in [1.82, 2.24) is 25.0 Å². The Balaban J connectivity index is 1.09. The summed E-state index contributed by atoms with van der Waals surface area (Å²) in [5.41, 5.74) is 1.14. The molecule has 3 aliphatic rings. The monoisotopic (exact) mass is 458 g/mol. The summed E-state index contributed by atoms with van der Waals surface area (Å²) in [5, 5.41) is 12.6. The molecular formula is C23H31FN6OS. The highest BCUT2D eigenvalue weighted by Gasteiger charge is 2.41. The van der Waals surface area contributed by atoms with Gasteiger partial charge < -0.3 is 19.7 Å². The number of halogens is 1. The van der Waals surface area contributed by atoms with E-state index in [0.717, 1.165) is 68.0 Å². The average molecular weight is 459 g/mol. The molecule has 0 spiro atoms. The lowest BCUT2D eigenvalue weighted by Gasteiger charge is -2.27. The second kappa shape index (κ2) is 9.39. The standard InChI is InChI=1S/C23H31FN6OS/c1-28-22(16-7-9-25-21(31)13-16)26-27-23(28)32-12-2-10-29-14-17-8-11-30(20(17)15-29)19-5-3-18(24)4-6-19/h3-6,16-17,20H,2,7-15H2,1H3,(H,25,31)/t16?,17-,20+/m1/s1. The highest BCUT2D eigenvalue weighted by molar-refractivity contribution is 7.99. The molecule has 0 aliphatic carbocycles. The van der Waals surface area contributed by atoms with E-state index in [4.69, 9.17) is 0 Å². The number of piperidine rings is 1. The van der Waals surface area contributed by atoms with Gasteiger partial charge in [-0.1, -0.05) is 11.8 Å². The Labute approximate surface area is 192 Å². The summed E-state index contributed by atoms with van der Waals surface area (Å²) in [4.78, 5) is 16.7. The zero-order chi connectivity index (χ0) is 22.1. The number of hydrogen-bond acceptors (Lipinski definition) is 6. The fourth-order valence-corrected chi connectivity index (χ4v) is 6.29. The summed E-state index contributed by atoms with van der Waals surface area (Å²) >= 11 is 1.75. The summed E-state index contributed by atoms with van der Waals surface area (Å²) in [6.45, 7) is 5.12. The molecule has 5 rings (SSSR count). The number of carbonyl (C=O) groups is 1. The molecule has 3 fully saturated rings. The van der Waals surface area contributed by atoms with Gasteiger partial charge in [-0.25, -0.2) is 4.39 Å². The van der Waals surface area contributed by atoms with Crippen molar-refractivity contribution in [3.63, 3.8) is 0 Å². The topological polar surface area (TPSA) is 66.3 Å². The molecule has 3 aliphatic heterocycles. The zero-order valence-corrected chi connectivity index (χ0v) is 19.4. The molecule has 0 radical (unpaired) electrons. The number of likely N-dealkylation sites (tertiary alicyclic amines) is 1. The number of amides is 1. The SMILES string of the molecule is Cn1c(SCCCN2C[C@H]3CCN(c4ccc(F)cc4)[C@H]3C2)nnc1C1CCNC(=O)C1. The lowest BCUT2D eigenvalue weighted by molar-refractivity contribution is -0.122. The van der Waals surface area contributed by atoms with Crippen LogP contribution < -0.4 is 10.2 Å². The van der Waals surface area contributed by atoms with E-state index in [9.17, 15) is 9.18 Å². The van der Waals surface area contributed by atoms with E-state index in [0.29, 0.717) is 18.4 Å². The van der Waals surface area contributed by atoms with Crippen LogP contribution in [0.5, 0.6) is 0 Å². The van der Waals surface area contributed by atoms with Crippen LogP contribution in [-0.4, -0.2) is 70.1 Å². The summed E-state index contributed by atoms with van der Waals surface area (Å²) in [6, 6.07) is 7.49. The predicted octanol–water partition coefficient (Wildman–Crippen LogP) is 2.64. The van der Waals surface area contributed by atoms with Crippen molar-refractivity contribution in [3.8, 4) is 0 Å². The Morgan fingerprint density at radius 1 is 1.19 bits per heavy atom. The molecule has 4 heterocycles. The normalized spacial score (nSPS) is 25.9. The molecule has 3 atom stereocenters. The first-order chi connectivity index (χ1) is 15.6. The van der Waals surface area contributed by atoms with E-state index in [2.05, 4.69) is 29.9 Å². The molecule has 0 bridgehead atoms. The molecule has 1 amide bonds. The van der Waals surface area contributed by atoms with Crippen molar-refractivity contribution in [2.75, 3.05) is 43.4 Å². The van der Waals surface area contributed by atoms with Crippen LogP contribution in [0.15, 0.2) is 29.4 Å². The van der Waals surface area contributed by atoms with E-state index in [1.165, 1.54) is 6.42 Å². The summed E-state index contributed by atoms with van der Waals surface area (Å²) in [5.74, 6) is 2.74. The third-order valence-corrected chi connectivity index (χ3v) is 8.22. The molecule has 32 heavy (non-hydrogen) atoms. The first-order valence-corrected chi connectivity index (χ1v) is 12.6. The lowest BCUT2D eigenvalue weighted by Crippen LogP contribution is -2.35. The van der Waals surface area contributed by atoms with Gasteiger partial charge in [0.25, 0.3) is 0 Å². The van der Waals surface area contributed by atoms with Crippen LogP contribution >= 0.6 is 11.8 Å². The zero-order valence-electron chi connectivity index (χ0n) is 18.5. The van der Waals surface area contributed by atoms with Crippen molar-refractivity contribution in [2.24, 2.45) is 13.0 Å². The fourth-order valence-electron chi connectivity index (χ4n) is 5.45. The molecule has 1 aromatic carbocycles. The number of fused-ring (bicyclic) bond motifs is 1. The smallest absolute Gasteiger partial charge is 0.220 e. The average Bonchev–Trinajstić information content (AvgIpc) is 3.46. The maximum atomic E-state index is 13.3. The number of nitrogens with one attached hydrogen (secondary N) is 1. The molecule has 1 aromatic heterocycles. The van der Waals surface area contributed by atoms with Gasteiger partial charge in [0.05, 0.1) is 0 Å². The van der Waals surface area contributed by atoms with Crippen molar-refractivity contribution >= 4 is 23.4 Å². The Morgan fingerprint density at radius 2 is 2.03 bits per heavy atom. The van der Waals surface area contributed by atoms with Gasteiger partial charge in [0.1, 0.15) is 11.6 Å². The van der Waals surface area contributed by atoms with Crippen LogP contribution in [0.1, 0.15) is 37.4 Å². The van der Waals surface area contributed by atoms with Gasteiger partial charge in [-0.05, 0) is 56.0 Å². The first-order valence-electron chi connectivity index (χ1n) is 11.6. The Hall–Kier alpha value is -2.13. The minimum atomic E-state index is -0.172. The molecule has 3 saturated heterocycles. The van der Waals surface area contributed by atoms with Crippen molar-refractivity contribution < 1.29 is 9.18 Å². The maximum absolute atomic E-state index is 13.3. The second-order valence-electron chi connectivity index (χ2n) is 9.19. The molecule has 2 aromatic rings. The Morgan fingerprint density at radius 3 is 2.84 bits per heavy atom. The number of nitrogens with zero attached hydrogens (tertiary/aromatic N) is 5. The quantitative estimate of drug-likeness (QED) is 0.508. The number of anilines is 1. The number of aromatic nitrogens is 3. The van der Waals surface area contributed by atoms with E-state index in [1.54, 1.807) is 23.9 Å². The van der Waals surface area contributed by atoms with Gasteiger partial charge in [-0.2, -0.15) is 0 Å². The minimum Gasteiger partial charge on any atom is -0.367 e. The van der Waals surface area contributed by atoms with E-state index >= 15 is 0 Å². The second-order valence-corrected chi connectivity index (χ2v) is 10.2. The van der Waals surface area contributed by atoms with Crippen LogP contribution in [0.2, 0.25) is 0 Å². The van der Waals surface area contributed by atoms with Crippen LogP contribution in [-0.2, 0) is 11.8 Å². The maximum Gasteiger partial charge on any atom is 0.220 e. The fraction of sp³-hybridized carbons (Fsp3) is 0.609. The minimum absolute atomic E-state index is 0.104. The third kappa shape index (κ3) is 4.50. The van der Waals surface area contributed by atoms with Crippen molar-refractivity contribution in [2.45, 2.75) is 42.8 Å². The van der Waals surface area contributed by atoms with Gasteiger partial charge >= 0.3 is 0 Å². The van der Waals surface area contributed by atoms with Gasteiger partial charge in [0.15, 0.2) is 5.16 Å². The highest BCUT2D eigenvalue weighted by atomic mass is 32.2. The number of thioether (sulfide) groups is 1. The largest absolute Gasteiger partial charge is 0.367 e. The van der Waals surface area contributed by atoms with E-state index in [1.807, 2.05) is 19.2 Å². The Bertz CT molecular complexity index is 950. The first kappa shape index (κ1) is 21.7. The number of benzene rings is 1. The molecule has 0 saturated carbocycles. The van der Waals surface area contributed by atoms with Gasteiger partial charge in [-0.3, -0.25) is 4.79 Å². The molecule has 9 heteroatoms. The predicted molar refractivity (Wildman–Crippen MR) is 123 cm³/mol. The highest BCUT2D eigenvalue weighted by Crippen LogP contribution is 2.35. The van der Waals surface area contributed by atoms with E-state index < -0.39 is 0 Å². The summed E-state index contributed by atoms with van der Waals surface area (Å²) < 4.78 is 15.3. The van der Waals surface area contributed by atoms with Gasteiger partial charge in [0.2, 0.25) is 5.91 Å². The summed E-state index contributed by atoms with van der Waals surface area (Å²) in [6.07, 6.45) is 3.75. The number of hydrogen-bond donors (Lipinski definition) is 1. The molecule has 172 valence electrons. The van der Waals surface area contributed by atoms with E-state index in [-0.39, 0.29) is 17.6 Å². The van der Waals surface area contributed by atoms with Crippen LogP contribution in [0.25, 0.3) is 0 Å². The number of carbonyl (C=O) groups excluding carboxylic acids is 1. The van der Waals surface area contributed by atoms with Gasteiger partial charge in [-0.15, -0.1) is 10.2 Å². The number of rotatable bonds is 7. The van der Waals surface area contributed by atoms with Crippen LogP contribution in [0, 0.1) is 11.7 Å². The van der Waals surface area contributed by atoms with Gasteiger partial charge in [0, 0.05) is 63.0 Å². The molecular weight excluding hydrogens is 427 g/mol. The molecule has 1 N–H and O–H groups in total. The molecule has 7 nitrogen and oxygen atoms in total.